The summed E-state index contributed by atoms with van der Waals surface area (Å²) in [6.07, 6.45) is 0. The number of nitrogens with zero attached hydrogens (tertiary/aromatic N) is 1. The molecule has 0 fully saturated rings. The van der Waals surface area contributed by atoms with E-state index in [1.807, 2.05) is 0 Å². The zero-order valence-corrected chi connectivity index (χ0v) is 10.4. The van der Waals surface area contributed by atoms with Crippen LogP contribution in [0.25, 0.3) is 11.0 Å². The Balaban J connectivity index is 2.68. The van der Waals surface area contributed by atoms with Crippen LogP contribution in [-0.4, -0.2) is 7.05 Å². The maximum atomic E-state index is 2.22. The predicted octanol–water partition coefficient (Wildman–Crippen LogP) is 2.44. The summed E-state index contributed by atoms with van der Waals surface area (Å²) in [6.45, 7) is 6.55. The number of aryl methyl sites for hydroxylation is 1. The SMILES string of the molecule is Cc1c(-c2ccccc2)b[n+](C)c(C)c1C. The first kappa shape index (κ1) is 11.1. The van der Waals surface area contributed by atoms with E-state index >= 15 is 0 Å². The Morgan fingerprint density at radius 2 is 1.56 bits per heavy atom. The third-order valence-electron chi connectivity index (χ3n) is 3.45. The van der Waals surface area contributed by atoms with Gasteiger partial charge in [0.1, 0.15) is 0 Å². The van der Waals surface area contributed by atoms with Crippen LogP contribution in [0.2, 0.25) is 0 Å². The Morgan fingerprint density at radius 3 is 2.19 bits per heavy atom. The van der Waals surface area contributed by atoms with Gasteiger partial charge in [0, 0.05) is 0 Å². The van der Waals surface area contributed by atoms with E-state index in [4.69, 9.17) is 0 Å². The number of hydrogen-bond acceptors (Lipinski definition) is 0. The first-order valence-electron chi connectivity index (χ1n) is 5.63. The minimum absolute atomic E-state index is 1.29. The van der Waals surface area contributed by atoms with Crippen molar-refractivity contribution in [2.45, 2.75) is 20.8 Å². The molecule has 0 amide bonds. The van der Waals surface area contributed by atoms with Gasteiger partial charge >= 0.3 is 97.5 Å². The molecule has 0 N–H and O–H groups in total. The van der Waals surface area contributed by atoms with Crippen molar-refractivity contribution >= 4 is 7.05 Å². The fraction of sp³-hybridized carbons (Fsp3) is 0.286. The molecule has 16 heavy (non-hydrogen) atoms. The Morgan fingerprint density at radius 1 is 0.938 bits per heavy atom. The van der Waals surface area contributed by atoms with E-state index in [2.05, 4.69) is 69.7 Å². The second-order valence-electron chi connectivity index (χ2n) is 4.36. The van der Waals surface area contributed by atoms with Gasteiger partial charge in [0.05, 0.1) is 0 Å². The zero-order chi connectivity index (χ0) is 11.7. The molecule has 1 aromatic carbocycles. The van der Waals surface area contributed by atoms with Crippen LogP contribution in [0.4, 0.5) is 0 Å². The molecule has 0 aliphatic heterocycles. The fourth-order valence-electron chi connectivity index (χ4n) is 2.03. The van der Waals surface area contributed by atoms with E-state index < -0.39 is 0 Å². The van der Waals surface area contributed by atoms with Gasteiger partial charge in [-0.1, -0.05) is 0 Å². The topological polar surface area (TPSA) is 3.88 Å². The van der Waals surface area contributed by atoms with E-state index in [1.54, 1.807) is 0 Å². The Hall–Kier alpha value is -1.44. The molecule has 1 heterocycles. The first-order chi connectivity index (χ1) is 7.61. The molecule has 0 bridgehead atoms. The number of aromatic nitrogens is 1. The van der Waals surface area contributed by atoms with Gasteiger partial charge in [0.2, 0.25) is 0 Å². The molecule has 0 unspecified atom stereocenters. The molecule has 2 aromatic rings. The van der Waals surface area contributed by atoms with Crippen molar-refractivity contribution in [3.05, 3.63) is 47.2 Å². The third kappa shape index (κ3) is 1.80. The van der Waals surface area contributed by atoms with Crippen molar-refractivity contribution in [2.24, 2.45) is 7.05 Å². The molecule has 1 nitrogen and oxygen atoms in total. The monoisotopic (exact) mass is 210 g/mol. The standard InChI is InChI=1S/C14H17BN/c1-10-11(2)14(15-16(4)12(10)3)13-8-6-5-7-9-13/h5-9H,1-4H3/q+1. The van der Waals surface area contributed by atoms with Gasteiger partial charge in [0.15, 0.2) is 0 Å². The molecule has 0 saturated carbocycles. The molecule has 2 rings (SSSR count). The number of benzene rings is 1. The normalized spacial score (nSPS) is 10.2. The molecular formula is C14H17BN+. The van der Waals surface area contributed by atoms with Gasteiger partial charge in [-0.3, -0.25) is 0 Å². The van der Waals surface area contributed by atoms with Crippen LogP contribution in [0.1, 0.15) is 16.8 Å². The Labute approximate surface area is 98.0 Å². The van der Waals surface area contributed by atoms with Crippen LogP contribution in [0.3, 0.4) is 0 Å². The van der Waals surface area contributed by atoms with Gasteiger partial charge in [-0.2, -0.15) is 0 Å². The van der Waals surface area contributed by atoms with Crippen LogP contribution in [0.15, 0.2) is 30.3 Å². The molecule has 0 spiro atoms. The summed E-state index contributed by atoms with van der Waals surface area (Å²) < 4.78 is 2.20. The summed E-state index contributed by atoms with van der Waals surface area (Å²) in [5.41, 5.74) is 6.70. The van der Waals surface area contributed by atoms with E-state index in [9.17, 15) is 0 Å². The van der Waals surface area contributed by atoms with E-state index in [1.165, 1.54) is 27.8 Å². The summed E-state index contributed by atoms with van der Waals surface area (Å²) in [4.78, 5) is 0. The fourth-order valence-corrected chi connectivity index (χ4v) is 2.03. The summed E-state index contributed by atoms with van der Waals surface area (Å²) >= 11 is 0. The molecule has 0 radical (unpaired) electrons. The Bertz CT molecular complexity index is 518. The van der Waals surface area contributed by atoms with Gasteiger partial charge in [-0.15, -0.1) is 0 Å². The molecule has 0 aliphatic carbocycles. The van der Waals surface area contributed by atoms with Gasteiger partial charge in [-0.25, -0.2) is 0 Å². The average Bonchev–Trinajstić information content (AvgIpc) is 2.32. The first-order valence-corrected chi connectivity index (χ1v) is 5.63. The van der Waals surface area contributed by atoms with Crippen LogP contribution >= 0.6 is 0 Å². The average molecular weight is 210 g/mol. The van der Waals surface area contributed by atoms with Gasteiger partial charge < -0.3 is 0 Å². The summed E-state index contributed by atoms with van der Waals surface area (Å²) in [5, 5.41) is 0. The third-order valence-corrected chi connectivity index (χ3v) is 3.45. The molecular weight excluding hydrogens is 193 g/mol. The zero-order valence-electron chi connectivity index (χ0n) is 10.4. The molecule has 0 atom stereocenters. The van der Waals surface area contributed by atoms with Crippen LogP contribution in [0.5, 0.6) is 0 Å². The molecule has 0 saturated heterocycles. The predicted molar refractivity (Wildman–Crippen MR) is 68.6 cm³/mol. The molecule has 0 aliphatic rings. The summed E-state index contributed by atoms with van der Waals surface area (Å²) in [7, 11) is 4.32. The van der Waals surface area contributed by atoms with Crippen molar-refractivity contribution in [3.8, 4) is 11.0 Å². The molecule has 1 aromatic heterocycles. The van der Waals surface area contributed by atoms with Crippen LogP contribution in [0, 0.1) is 20.8 Å². The van der Waals surface area contributed by atoms with E-state index in [0.717, 1.165) is 0 Å². The van der Waals surface area contributed by atoms with Gasteiger partial charge in [-0.05, 0) is 0 Å². The second-order valence-corrected chi connectivity index (χ2v) is 4.36. The van der Waals surface area contributed by atoms with Crippen molar-refractivity contribution < 1.29 is 4.47 Å². The van der Waals surface area contributed by atoms with E-state index in [-0.39, 0.29) is 0 Å². The quantitative estimate of drug-likeness (QED) is 0.680. The number of hydrogen-bond donors (Lipinski definition) is 0. The molecule has 80 valence electrons. The van der Waals surface area contributed by atoms with Crippen LogP contribution in [-0.2, 0) is 7.05 Å². The van der Waals surface area contributed by atoms with E-state index in [0.29, 0.717) is 0 Å². The van der Waals surface area contributed by atoms with Crippen molar-refractivity contribution in [2.75, 3.05) is 0 Å². The summed E-state index contributed by atoms with van der Waals surface area (Å²) in [6, 6.07) is 10.6. The molecule has 2 heteroatoms. The van der Waals surface area contributed by atoms with Gasteiger partial charge in [0.25, 0.3) is 0 Å². The van der Waals surface area contributed by atoms with Crippen molar-refractivity contribution in [3.63, 3.8) is 0 Å². The second kappa shape index (κ2) is 4.21. The maximum absolute atomic E-state index is 2.22. The number of rotatable bonds is 1. The van der Waals surface area contributed by atoms with Crippen molar-refractivity contribution in [1.82, 2.24) is 0 Å². The van der Waals surface area contributed by atoms with Crippen LogP contribution < -0.4 is 4.47 Å². The van der Waals surface area contributed by atoms with Crippen molar-refractivity contribution in [1.29, 1.82) is 0 Å². The Kier molecular flexibility index (Phi) is 2.91. The summed E-state index contributed by atoms with van der Waals surface area (Å²) in [5.74, 6) is 0. The minimum atomic E-state index is 1.29.